The van der Waals surface area contributed by atoms with E-state index < -0.39 is 12.0 Å². The summed E-state index contributed by atoms with van der Waals surface area (Å²) in [5, 5.41) is 30.0. The van der Waals surface area contributed by atoms with E-state index in [1.807, 2.05) is 47.7 Å². The molecule has 3 aliphatic rings. The number of rotatable bonds is 13. The number of aliphatic hydroxyl groups excluding tert-OH is 1. The Morgan fingerprint density at radius 3 is 2.47 bits per heavy atom. The van der Waals surface area contributed by atoms with Gasteiger partial charge < -0.3 is 29.7 Å². The van der Waals surface area contributed by atoms with Gasteiger partial charge in [0.2, 0.25) is 0 Å². The number of aliphatic hydroxyl groups is 1. The minimum atomic E-state index is -0.781. The minimum Gasteiger partial charge on any atom is -0.480 e. The third-order valence-corrected chi connectivity index (χ3v) is 11.8. The summed E-state index contributed by atoms with van der Waals surface area (Å²) in [5.74, 6) is -0.781. The Balaban J connectivity index is 0.00000115. The smallest absolute Gasteiger partial charge is 0.322 e. The van der Waals surface area contributed by atoms with Gasteiger partial charge in [-0.15, -0.1) is 11.3 Å². The Morgan fingerprint density at radius 2 is 1.79 bits per heavy atom. The van der Waals surface area contributed by atoms with E-state index in [0.29, 0.717) is 6.42 Å². The number of carbonyl (C=O) groups is 1. The van der Waals surface area contributed by atoms with E-state index in [1.54, 1.807) is 18.4 Å². The van der Waals surface area contributed by atoms with Gasteiger partial charge in [-0.3, -0.25) is 9.78 Å². The van der Waals surface area contributed by atoms with Crippen LogP contribution in [-0.2, 0) is 35.3 Å². The fraction of sp³-hybridized carbons (Fsp3) is 0.622. The summed E-state index contributed by atoms with van der Waals surface area (Å²) >= 11 is 1.70. The second kappa shape index (κ2) is 22.1. The number of benzene rings is 1. The van der Waals surface area contributed by atoms with Crippen LogP contribution in [0.15, 0.2) is 29.8 Å². The van der Waals surface area contributed by atoms with Crippen LogP contribution in [0.25, 0.3) is 33.4 Å². The Bertz CT molecular complexity index is 1870. The summed E-state index contributed by atoms with van der Waals surface area (Å²) in [6.07, 6.45) is 7.93. The van der Waals surface area contributed by atoms with Crippen molar-refractivity contribution < 1.29 is 19.7 Å². The summed E-state index contributed by atoms with van der Waals surface area (Å²) < 4.78 is 8.44. The number of methoxy groups -OCH3 is 1. The largest absolute Gasteiger partial charge is 0.480 e. The monoisotopic (exact) mass is 806 g/mol. The highest BCUT2D eigenvalue weighted by Crippen LogP contribution is 2.45. The number of hydrogen-bond donors (Lipinski definition) is 4. The van der Waals surface area contributed by atoms with Gasteiger partial charge in [-0.1, -0.05) is 55.4 Å². The Kier molecular flexibility index (Phi) is 18.0. The molecule has 6 heterocycles. The topological polar surface area (TPSA) is 128 Å². The zero-order valence-corrected chi connectivity index (χ0v) is 37.3. The molecule has 0 aliphatic carbocycles. The molecule has 4 N–H and O–H groups in total. The lowest BCUT2D eigenvalue weighted by Crippen LogP contribution is -2.52. The van der Waals surface area contributed by atoms with Crippen LogP contribution in [-0.4, -0.2) is 94.8 Å². The van der Waals surface area contributed by atoms with Gasteiger partial charge >= 0.3 is 5.97 Å². The van der Waals surface area contributed by atoms with Crippen LogP contribution in [0.5, 0.6) is 0 Å². The molecule has 2 unspecified atom stereocenters. The average molecular weight is 806 g/mol. The van der Waals surface area contributed by atoms with Crippen LogP contribution in [0.3, 0.4) is 0 Å². The van der Waals surface area contributed by atoms with Gasteiger partial charge in [0.05, 0.1) is 45.6 Å². The number of ether oxygens (including phenoxy) is 1. The maximum Gasteiger partial charge on any atom is 0.322 e. The van der Waals surface area contributed by atoms with Crippen LogP contribution in [0.4, 0.5) is 5.69 Å². The number of carboxylic acid groups (broad SMARTS) is 1. The first kappa shape index (κ1) is 46.3. The zero-order valence-electron chi connectivity index (χ0n) is 36.5. The summed E-state index contributed by atoms with van der Waals surface area (Å²) in [6, 6.07) is 6.52. The van der Waals surface area contributed by atoms with Crippen molar-refractivity contribution >= 4 is 33.9 Å². The first-order chi connectivity index (χ1) is 27.7. The van der Waals surface area contributed by atoms with Gasteiger partial charge in [0, 0.05) is 87.8 Å². The average Bonchev–Trinajstić information content (AvgIpc) is 3.86. The number of thiazole rings is 1. The maximum absolute atomic E-state index is 11.5. The second-order valence-corrected chi connectivity index (χ2v) is 16.2. The number of hydrazine groups is 1. The molecular weight excluding hydrogens is 735 g/mol. The molecule has 316 valence electrons. The maximum atomic E-state index is 11.5. The van der Waals surface area contributed by atoms with E-state index in [0.717, 1.165) is 118 Å². The van der Waals surface area contributed by atoms with Crippen molar-refractivity contribution in [3.8, 4) is 22.5 Å². The molecule has 0 radical (unpaired) electrons. The van der Waals surface area contributed by atoms with Crippen LogP contribution in [0.2, 0.25) is 0 Å². The molecule has 0 amide bonds. The molecule has 2 fully saturated rings. The molecule has 2 saturated heterocycles. The third kappa shape index (κ3) is 11.0. The normalized spacial score (nSPS) is 17.5. The van der Waals surface area contributed by atoms with Crippen LogP contribution < -0.4 is 15.6 Å². The number of aryl methyl sites for hydroxylation is 3. The molecular formula is C45H71N7O4S. The number of piperazine rings is 1. The fourth-order valence-electron chi connectivity index (χ4n) is 8.01. The van der Waals surface area contributed by atoms with E-state index in [2.05, 4.69) is 69.6 Å². The summed E-state index contributed by atoms with van der Waals surface area (Å²) in [6.45, 7) is 24.8. The molecule has 3 aromatic heterocycles. The molecule has 7 rings (SSSR count). The van der Waals surface area contributed by atoms with E-state index in [1.165, 1.54) is 27.7 Å². The number of aromatic nitrogens is 3. The van der Waals surface area contributed by atoms with Crippen molar-refractivity contribution in [1.82, 2.24) is 30.3 Å². The first-order valence-corrected chi connectivity index (χ1v) is 22.5. The Morgan fingerprint density at radius 1 is 1.05 bits per heavy atom. The highest BCUT2D eigenvalue weighted by molar-refractivity contribution is 7.09. The SMILES string of the molecule is CC.CC.CC.COC(C)c1ncc(N2CCNCC2)cc1-c1c(CC(C)(C)CO)c2cc(-c3csc(CCCN4CCCC(C(=O)O)N4)n3)cc3c2n1CCC3. The number of nitrogens with zero attached hydrogens (tertiary/aromatic N) is 5. The van der Waals surface area contributed by atoms with Crippen LogP contribution >= 0.6 is 11.3 Å². The van der Waals surface area contributed by atoms with Gasteiger partial charge in [-0.05, 0) is 80.2 Å². The van der Waals surface area contributed by atoms with E-state index in [9.17, 15) is 15.0 Å². The second-order valence-electron chi connectivity index (χ2n) is 15.2. The molecule has 0 spiro atoms. The number of hydrogen-bond acceptors (Lipinski definition) is 10. The van der Waals surface area contributed by atoms with Gasteiger partial charge in [-0.25, -0.2) is 15.4 Å². The number of anilines is 1. The number of nitrogens with one attached hydrogen (secondary N) is 2. The lowest BCUT2D eigenvalue weighted by molar-refractivity contribution is -0.142. The lowest BCUT2D eigenvalue weighted by atomic mass is 9.84. The van der Waals surface area contributed by atoms with Crippen molar-refractivity contribution in [3.63, 3.8) is 0 Å². The zero-order chi connectivity index (χ0) is 41.7. The highest BCUT2D eigenvalue weighted by atomic mass is 32.1. The lowest BCUT2D eigenvalue weighted by Gasteiger charge is -2.31. The van der Waals surface area contributed by atoms with Gasteiger partial charge in [0.1, 0.15) is 6.04 Å². The van der Waals surface area contributed by atoms with Crippen molar-refractivity contribution in [1.29, 1.82) is 0 Å². The fourth-order valence-corrected chi connectivity index (χ4v) is 8.86. The minimum absolute atomic E-state index is 0.0887. The van der Waals surface area contributed by atoms with Crippen LogP contribution in [0.1, 0.15) is 116 Å². The molecule has 0 bridgehead atoms. The van der Waals surface area contributed by atoms with Gasteiger partial charge in [0.25, 0.3) is 0 Å². The van der Waals surface area contributed by atoms with Gasteiger partial charge in [-0.2, -0.15) is 0 Å². The molecule has 11 nitrogen and oxygen atoms in total. The van der Waals surface area contributed by atoms with Gasteiger partial charge in [0.15, 0.2) is 0 Å². The first-order valence-electron chi connectivity index (χ1n) is 21.6. The summed E-state index contributed by atoms with van der Waals surface area (Å²) in [5.41, 5.74) is 13.2. The molecule has 0 saturated carbocycles. The number of aliphatic carboxylic acids is 1. The molecule has 2 atom stereocenters. The third-order valence-electron chi connectivity index (χ3n) is 10.9. The van der Waals surface area contributed by atoms with E-state index in [-0.39, 0.29) is 18.1 Å². The van der Waals surface area contributed by atoms with E-state index in [4.69, 9.17) is 14.7 Å². The summed E-state index contributed by atoms with van der Waals surface area (Å²) in [4.78, 5) is 24.1. The van der Waals surface area contributed by atoms with E-state index >= 15 is 0 Å². The van der Waals surface area contributed by atoms with Crippen molar-refractivity contribution in [2.45, 2.75) is 126 Å². The molecule has 3 aliphatic heterocycles. The van der Waals surface area contributed by atoms with Crippen molar-refractivity contribution in [2.24, 2.45) is 5.41 Å². The standard InChI is InChI=1S/C39H53N7O4S.3C2H6/c1-25(50-4)35-30(20-28(22-41-35)44-16-11-40-12-17-44)37-31(21-39(2,3)24-47)29-19-27(18-26-8-5-15-46(37)36(26)29)33-23-51-34(42-33)10-7-14-45-13-6-9-32(43-45)38(48)49;3*1-2/h18-20,22-23,25,32,40,43,47H,5-17,21,24H2,1-4H3,(H,48,49);3*1-2H3. The number of pyridine rings is 1. The highest BCUT2D eigenvalue weighted by Gasteiger charge is 2.31. The quantitative estimate of drug-likeness (QED) is 0.104. The Hall–Kier alpha value is -3.39. The van der Waals surface area contributed by atoms with Crippen LogP contribution in [0, 0.1) is 5.41 Å². The number of carboxylic acids is 1. The van der Waals surface area contributed by atoms with Crippen molar-refractivity contribution in [2.75, 3.05) is 57.9 Å². The molecule has 1 aromatic carbocycles. The van der Waals surface area contributed by atoms with Crippen molar-refractivity contribution in [3.05, 3.63) is 51.6 Å². The summed E-state index contributed by atoms with van der Waals surface area (Å²) in [7, 11) is 1.75. The molecule has 4 aromatic rings. The Labute approximate surface area is 346 Å². The molecule has 57 heavy (non-hydrogen) atoms. The predicted octanol–water partition coefficient (Wildman–Crippen LogP) is 8.52. The predicted molar refractivity (Wildman–Crippen MR) is 237 cm³/mol. The molecule has 12 heteroatoms.